The Bertz CT molecular complexity index is 231. The molecule has 1 rings (SSSR count). The fourth-order valence-corrected chi connectivity index (χ4v) is 0.701. The number of aliphatic imine (C=N–C) groups is 2. The van der Waals surface area contributed by atoms with Crippen LogP contribution < -0.4 is 17.2 Å². The highest BCUT2D eigenvalue weighted by atomic mass is 16.5. The first kappa shape index (κ1) is 7.76. The van der Waals surface area contributed by atoms with Gasteiger partial charge in [-0.1, -0.05) is 0 Å². The van der Waals surface area contributed by atoms with Crippen LogP contribution in [-0.2, 0) is 0 Å². The second kappa shape index (κ2) is 2.07. The average molecular weight is 158 g/mol. The van der Waals surface area contributed by atoms with Crippen LogP contribution in [0.5, 0.6) is 0 Å². The van der Waals surface area contributed by atoms with Crippen molar-refractivity contribution in [1.82, 2.24) is 5.06 Å². The van der Waals surface area contributed by atoms with Gasteiger partial charge in [0.1, 0.15) is 0 Å². The molecule has 7 nitrogen and oxygen atoms in total. The van der Waals surface area contributed by atoms with E-state index in [4.69, 9.17) is 22.4 Å². The maximum Gasteiger partial charge on any atom is 0.227 e. The van der Waals surface area contributed by atoms with Crippen molar-refractivity contribution in [2.45, 2.75) is 12.7 Å². The third kappa shape index (κ3) is 1.23. The molecule has 0 amide bonds. The maximum absolute atomic E-state index is 9.11. The van der Waals surface area contributed by atoms with Gasteiger partial charge in [-0.15, -0.1) is 0 Å². The molecule has 1 heterocycles. The van der Waals surface area contributed by atoms with Crippen molar-refractivity contribution >= 4 is 11.9 Å². The molecule has 0 radical (unpaired) electrons. The van der Waals surface area contributed by atoms with E-state index < -0.39 is 5.79 Å². The van der Waals surface area contributed by atoms with Gasteiger partial charge in [-0.2, -0.15) is 10.1 Å². The van der Waals surface area contributed by atoms with Crippen LogP contribution in [0, 0.1) is 0 Å². The highest BCUT2D eigenvalue weighted by Gasteiger charge is 2.31. The molecule has 0 spiro atoms. The number of guanidine groups is 2. The summed E-state index contributed by atoms with van der Waals surface area (Å²) in [5.74, 6) is -1.53. The minimum atomic E-state index is -1.32. The summed E-state index contributed by atoms with van der Waals surface area (Å²) in [4.78, 5) is 7.10. The number of rotatable bonds is 0. The standard InChI is InChI=1S/C4H10N6O/c1-4(7)9-2(5)8-3(6)10(4)11/h11H,7H2,1H3,(H4,5,6,8,9). The molecule has 7 heteroatoms. The molecule has 0 saturated heterocycles. The van der Waals surface area contributed by atoms with Crippen molar-refractivity contribution in [3.63, 3.8) is 0 Å². The van der Waals surface area contributed by atoms with E-state index in [0.29, 0.717) is 5.06 Å². The SMILES string of the molecule is CC1(N)N=C(N)N=C(N)N1O. The Morgan fingerprint density at radius 1 is 1.55 bits per heavy atom. The molecule has 11 heavy (non-hydrogen) atoms. The van der Waals surface area contributed by atoms with E-state index in [9.17, 15) is 0 Å². The lowest BCUT2D eigenvalue weighted by atomic mass is 10.4. The summed E-state index contributed by atoms with van der Waals surface area (Å²) in [6.45, 7) is 1.45. The normalized spacial score (nSPS) is 31.4. The summed E-state index contributed by atoms with van der Waals surface area (Å²) in [6.07, 6.45) is 0. The van der Waals surface area contributed by atoms with Crippen molar-refractivity contribution in [1.29, 1.82) is 0 Å². The fraction of sp³-hybridized carbons (Fsp3) is 0.500. The first-order chi connectivity index (χ1) is 4.93. The van der Waals surface area contributed by atoms with Gasteiger partial charge >= 0.3 is 0 Å². The Hall–Kier alpha value is -1.34. The third-order valence-electron chi connectivity index (χ3n) is 1.22. The van der Waals surface area contributed by atoms with Crippen LogP contribution >= 0.6 is 0 Å². The quantitative estimate of drug-likeness (QED) is 0.323. The maximum atomic E-state index is 9.11. The second-order valence-electron chi connectivity index (χ2n) is 2.35. The van der Waals surface area contributed by atoms with Crippen LogP contribution in [-0.4, -0.2) is 28.0 Å². The summed E-state index contributed by atoms with van der Waals surface area (Å²) < 4.78 is 0. The average Bonchev–Trinajstić information content (AvgIpc) is 1.81. The van der Waals surface area contributed by atoms with Crippen molar-refractivity contribution in [2.75, 3.05) is 0 Å². The zero-order valence-electron chi connectivity index (χ0n) is 6.02. The Labute approximate surface area is 63.1 Å². The van der Waals surface area contributed by atoms with Gasteiger partial charge in [-0.3, -0.25) is 10.9 Å². The molecule has 0 aliphatic carbocycles. The fourth-order valence-electron chi connectivity index (χ4n) is 0.701. The number of nitrogens with zero attached hydrogens (tertiary/aromatic N) is 3. The monoisotopic (exact) mass is 158 g/mol. The van der Waals surface area contributed by atoms with Gasteiger partial charge < -0.3 is 11.5 Å². The predicted octanol–water partition coefficient (Wildman–Crippen LogP) is -2.05. The summed E-state index contributed by atoms with van der Waals surface area (Å²) in [5.41, 5.74) is 15.9. The number of hydrogen-bond donors (Lipinski definition) is 4. The highest BCUT2D eigenvalue weighted by Crippen LogP contribution is 2.09. The van der Waals surface area contributed by atoms with E-state index >= 15 is 0 Å². The molecule has 1 aliphatic heterocycles. The van der Waals surface area contributed by atoms with Crippen LogP contribution in [0.3, 0.4) is 0 Å². The predicted molar refractivity (Wildman–Crippen MR) is 39.5 cm³/mol. The van der Waals surface area contributed by atoms with E-state index in [2.05, 4.69) is 9.98 Å². The van der Waals surface area contributed by atoms with Gasteiger partial charge in [0.2, 0.25) is 17.7 Å². The molecule has 1 aliphatic rings. The van der Waals surface area contributed by atoms with Gasteiger partial charge in [0.05, 0.1) is 0 Å². The van der Waals surface area contributed by atoms with Crippen LogP contribution in [0.15, 0.2) is 9.98 Å². The minimum Gasteiger partial charge on any atom is -0.368 e. The van der Waals surface area contributed by atoms with E-state index in [0.717, 1.165) is 0 Å². The summed E-state index contributed by atoms with van der Waals surface area (Å²) >= 11 is 0. The number of hydroxylamine groups is 2. The first-order valence-corrected chi connectivity index (χ1v) is 2.91. The second-order valence-corrected chi connectivity index (χ2v) is 2.35. The molecule has 1 unspecified atom stereocenters. The lowest BCUT2D eigenvalue weighted by Gasteiger charge is -2.31. The summed E-state index contributed by atoms with van der Waals surface area (Å²) in [6, 6.07) is 0. The van der Waals surface area contributed by atoms with Crippen LogP contribution in [0.4, 0.5) is 0 Å². The summed E-state index contributed by atoms with van der Waals surface area (Å²) in [5, 5.41) is 9.66. The lowest BCUT2D eigenvalue weighted by molar-refractivity contribution is -0.0972. The Morgan fingerprint density at radius 3 is 2.55 bits per heavy atom. The van der Waals surface area contributed by atoms with Crippen LogP contribution in [0.1, 0.15) is 6.92 Å². The zero-order chi connectivity index (χ0) is 8.65. The molecular weight excluding hydrogens is 148 g/mol. The lowest BCUT2D eigenvalue weighted by Crippen LogP contribution is -2.58. The van der Waals surface area contributed by atoms with E-state index in [1.165, 1.54) is 6.92 Å². The van der Waals surface area contributed by atoms with Crippen LogP contribution in [0.2, 0.25) is 0 Å². The first-order valence-electron chi connectivity index (χ1n) is 2.91. The van der Waals surface area contributed by atoms with Gasteiger partial charge in [-0.25, -0.2) is 4.99 Å². The topological polar surface area (TPSA) is 126 Å². The molecule has 0 aromatic rings. The smallest absolute Gasteiger partial charge is 0.227 e. The van der Waals surface area contributed by atoms with Gasteiger partial charge in [0, 0.05) is 0 Å². The number of hydrogen-bond acceptors (Lipinski definition) is 7. The molecule has 62 valence electrons. The van der Waals surface area contributed by atoms with Crippen molar-refractivity contribution in [2.24, 2.45) is 27.2 Å². The van der Waals surface area contributed by atoms with Crippen LogP contribution in [0.25, 0.3) is 0 Å². The highest BCUT2D eigenvalue weighted by molar-refractivity contribution is 5.95. The van der Waals surface area contributed by atoms with Crippen molar-refractivity contribution in [3.8, 4) is 0 Å². The molecule has 1 atom stereocenters. The van der Waals surface area contributed by atoms with Crippen molar-refractivity contribution in [3.05, 3.63) is 0 Å². The Balaban J connectivity index is 3.01. The third-order valence-corrected chi connectivity index (χ3v) is 1.22. The number of nitrogens with two attached hydrogens (primary N) is 3. The molecule has 0 bridgehead atoms. The molecule has 0 saturated carbocycles. The zero-order valence-corrected chi connectivity index (χ0v) is 6.02. The van der Waals surface area contributed by atoms with Gasteiger partial charge in [-0.05, 0) is 6.92 Å². The molecular formula is C4H10N6O. The van der Waals surface area contributed by atoms with Gasteiger partial charge in [0.25, 0.3) is 0 Å². The van der Waals surface area contributed by atoms with Crippen molar-refractivity contribution < 1.29 is 5.21 Å². The molecule has 7 N–H and O–H groups in total. The van der Waals surface area contributed by atoms with E-state index in [1.54, 1.807) is 0 Å². The molecule has 0 aromatic carbocycles. The Kier molecular flexibility index (Phi) is 1.46. The summed E-state index contributed by atoms with van der Waals surface area (Å²) in [7, 11) is 0. The largest absolute Gasteiger partial charge is 0.368 e. The van der Waals surface area contributed by atoms with E-state index in [-0.39, 0.29) is 11.9 Å². The minimum absolute atomic E-state index is 0.0437. The molecule has 0 aromatic heterocycles. The Morgan fingerprint density at radius 2 is 2.09 bits per heavy atom. The van der Waals surface area contributed by atoms with E-state index in [1.807, 2.05) is 0 Å². The van der Waals surface area contributed by atoms with Gasteiger partial charge in [0.15, 0.2) is 0 Å². The molecule has 0 fully saturated rings.